The molecule has 0 saturated carbocycles. The van der Waals surface area contributed by atoms with Crippen molar-refractivity contribution in [2.45, 2.75) is 33.5 Å². The average Bonchev–Trinajstić information content (AvgIpc) is 2.63. The highest BCUT2D eigenvalue weighted by Crippen LogP contribution is 2.27. The zero-order valence-corrected chi connectivity index (χ0v) is 19.5. The van der Waals surface area contributed by atoms with Gasteiger partial charge in [0.1, 0.15) is 11.9 Å². The third-order valence-corrected chi connectivity index (χ3v) is 6.03. The van der Waals surface area contributed by atoms with Gasteiger partial charge in [0.15, 0.2) is 0 Å². The molecule has 0 radical (unpaired) electrons. The molecule has 1 aromatic rings. The molecule has 0 aliphatic carbocycles. The third-order valence-electron chi connectivity index (χ3n) is 4.87. The maximum absolute atomic E-state index is 11.7. The summed E-state index contributed by atoms with van der Waals surface area (Å²) in [6, 6.07) is 7.36. The van der Waals surface area contributed by atoms with Crippen LogP contribution in [0.15, 0.2) is 24.3 Å². The lowest BCUT2D eigenvalue weighted by atomic mass is 9.82. The monoisotopic (exact) mass is 452 g/mol. The molecular formula is C19H32O8S2. The molecule has 0 saturated heterocycles. The number of benzene rings is 1. The van der Waals surface area contributed by atoms with E-state index >= 15 is 0 Å². The van der Waals surface area contributed by atoms with Crippen LogP contribution in [-0.2, 0) is 39.9 Å². The van der Waals surface area contributed by atoms with Gasteiger partial charge in [-0.05, 0) is 35.4 Å². The second kappa shape index (κ2) is 11.3. The van der Waals surface area contributed by atoms with E-state index in [0.717, 1.165) is 23.8 Å². The lowest BCUT2D eigenvalue weighted by Gasteiger charge is -2.31. The molecule has 4 atom stereocenters. The second-order valence-electron chi connectivity index (χ2n) is 7.39. The molecule has 0 spiro atoms. The minimum absolute atomic E-state index is 0.0165. The van der Waals surface area contributed by atoms with Crippen molar-refractivity contribution in [2.24, 2.45) is 17.8 Å². The topological polar surface area (TPSA) is 105 Å². The maximum atomic E-state index is 11.7. The lowest BCUT2D eigenvalue weighted by Crippen LogP contribution is -2.36. The van der Waals surface area contributed by atoms with E-state index in [1.54, 1.807) is 7.11 Å². The normalized spacial score (nSPS) is 16.8. The Morgan fingerprint density at radius 1 is 0.862 bits per heavy atom. The van der Waals surface area contributed by atoms with Crippen LogP contribution in [0.4, 0.5) is 0 Å². The van der Waals surface area contributed by atoms with Crippen molar-refractivity contribution in [3.8, 4) is 5.75 Å². The van der Waals surface area contributed by atoms with Gasteiger partial charge in [-0.15, -0.1) is 0 Å². The van der Waals surface area contributed by atoms with Gasteiger partial charge >= 0.3 is 0 Å². The summed E-state index contributed by atoms with van der Waals surface area (Å²) in [6.07, 6.45) is 1.28. The van der Waals surface area contributed by atoms with Gasteiger partial charge in [-0.3, -0.25) is 8.37 Å². The number of methoxy groups -OCH3 is 1. The van der Waals surface area contributed by atoms with E-state index in [1.165, 1.54) is 0 Å². The molecule has 29 heavy (non-hydrogen) atoms. The third kappa shape index (κ3) is 10.4. The van der Waals surface area contributed by atoms with Crippen LogP contribution in [0.3, 0.4) is 0 Å². The van der Waals surface area contributed by atoms with Crippen LogP contribution in [-0.4, -0.2) is 55.8 Å². The minimum Gasteiger partial charge on any atom is -0.497 e. The number of rotatable bonds is 13. The smallest absolute Gasteiger partial charge is 0.264 e. The lowest BCUT2D eigenvalue weighted by molar-refractivity contribution is -0.00169. The summed E-state index contributed by atoms with van der Waals surface area (Å²) in [4.78, 5) is 0. The molecule has 0 bridgehead atoms. The number of hydrogen-bond acceptors (Lipinski definition) is 8. The van der Waals surface area contributed by atoms with Gasteiger partial charge in [0.2, 0.25) is 0 Å². The molecule has 1 rings (SSSR count). The van der Waals surface area contributed by atoms with Crippen LogP contribution in [0.2, 0.25) is 0 Å². The highest BCUT2D eigenvalue weighted by atomic mass is 32.2. The van der Waals surface area contributed by atoms with Crippen LogP contribution in [0, 0.1) is 17.8 Å². The molecule has 1 aromatic carbocycles. The van der Waals surface area contributed by atoms with Gasteiger partial charge in [0, 0.05) is 0 Å². The van der Waals surface area contributed by atoms with Crippen molar-refractivity contribution >= 4 is 20.2 Å². The number of hydrogen-bond donors (Lipinski definition) is 0. The van der Waals surface area contributed by atoms with Crippen molar-refractivity contribution in [3.05, 3.63) is 29.8 Å². The highest BCUT2D eigenvalue weighted by molar-refractivity contribution is 7.86. The van der Waals surface area contributed by atoms with Crippen molar-refractivity contribution in [1.29, 1.82) is 0 Å². The first-order valence-electron chi connectivity index (χ1n) is 9.25. The van der Waals surface area contributed by atoms with Gasteiger partial charge in [-0.2, -0.15) is 16.8 Å². The number of ether oxygens (including phenoxy) is 2. The fraction of sp³-hybridized carbons (Fsp3) is 0.684. The summed E-state index contributed by atoms with van der Waals surface area (Å²) in [6.45, 7) is 5.99. The van der Waals surface area contributed by atoms with Crippen LogP contribution in [0.25, 0.3) is 0 Å². The highest BCUT2D eigenvalue weighted by Gasteiger charge is 2.30. The Hall–Kier alpha value is -1.20. The molecule has 10 heteroatoms. The molecule has 0 aromatic heterocycles. The van der Waals surface area contributed by atoms with Crippen molar-refractivity contribution in [3.63, 3.8) is 0 Å². The summed E-state index contributed by atoms with van der Waals surface area (Å²) >= 11 is 0. The van der Waals surface area contributed by atoms with Gasteiger partial charge in [0.25, 0.3) is 20.2 Å². The molecule has 2 unspecified atom stereocenters. The van der Waals surface area contributed by atoms with Crippen LogP contribution < -0.4 is 4.74 Å². The summed E-state index contributed by atoms with van der Waals surface area (Å²) in [7, 11) is -5.64. The molecule has 0 aliphatic rings. The zero-order chi connectivity index (χ0) is 22.2. The van der Waals surface area contributed by atoms with Gasteiger partial charge in [0.05, 0.1) is 39.4 Å². The standard InChI is InChI=1S/C19H32O8S2/c1-14(11-26-28(5,20)21)15(2)16(3)19(27-29(6,22)23)13-25-12-17-7-9-18(24-4)10-8-17/h7-10,14-16,19H,11-13H2,1-6H3/t14?,15-,16+,19?/m1/s1. The Kier molecular flexibility index (Phi) is 10.0. The van der Waals surface area contributed by atoms with E-state index < -0.39 is 26.3 Å². The second-order valence-corrected chi connectivity index (χ2v) is 10.6. The van der Waals surface area contributed by atoms with Crippen LogP contribution >= 0.6 is 0 Å². The van der Waals surface area contributed by atoms with Crippen molar-refractivity contribution in [1.82, 2.24) is 0 Å². The Bertz CT molecular complexity index is 818. The first-order valence-corrected chi connectivity index (χ1v) is 12.9. The van der Waals surface area contributed by atoms with E-state index in [1.807, 2.05) is 45.0 Å². The van der Waals surface area contributed by atoms with E-state index in [2.05, 4.69) is 0 Å². The largest absolute Gasteiger partial charge is 0.497 e. The van der Waals surface area contributed by atoms with E-state index in [-0.39, 0.29) is 31.0 Å². The van der Waals surface area contributed by atoms with Gasteiger partial charge in [-0.1, -0.05) is 32.9 Å². The van der Waals surface area contributed by atoms with Gasteiger partial charge in [-0.25, -0.2) is 0 Å². The Balaban J connectivity index is 2.74. The fourth-order valence-corrected chi connectivity index (χ4v) is 3.89. The molecule has 0 aliphatic heterocycles. The van der Waals surface area contributed by atoms with E-state index in [0.29, 0.717) is 6.61 Å². The fourth-order valence-electron chi connectivity index (χ4n) is 2.75. The molecule has 0 fully saturated rings. The predicted molar refractivity (Wildman–Crippen MR) is 111 cm³/mol. The van der Waals surface area contributed by atoms with Crippen LogP contribution in [0.1, 0.15) is 26.3 Å². The SMILES string of the molecule is COc1ccc(COCC(OS(C)(=O)=O)[C@@H](C)[C@H](C)C(C)COS(C)(=O)=O)cc1. The summed E-state index contributed by atoms with van der Waals surface area (Å²) < 4.78 is 66.8. The van der Waals surface area contributed by atoms with E-state index in [4.69, 9.17) is 17.8 Å². The molecule has 0 amide bonds. The van der Waals surface area contributed by atoms with Crippen molar-refractivity contribution in [2.75, 3.05) is 32.8 Å². The summed E-state index contributed by atoms with van der Waals surface area (Å²) in [5, 5.41) is 0. The van der Waals surface area contributed by atoms with Crippen molar-refractivity contribution < 1.29 is 34.7 Å². The maximum Gasteiger partial charge on any atom is 0.264 e. The zero-order valence-electron chi connectivity index (χ0n) is 17.8. The predicted octanol–water partition coefficient (Wildman–Crippen LogP) is 2.44. The Morgan fingerprint density at radius 2 is 1.45 bits per heavy atom. The molecule has 0 N–H and O–H groups in total. The molecule has 168 valence electrons. The van der Waals surface area contributed by atoms with E-state index in [9.17, 15) is 16.8 Å². The quantitative estimate of drug-likeness (QED) is 0.420. The average molecular weight is 453 g/mol. The summed E-state index contributed by atoms with van der Waals surface area (Å²) in [5.74, 6) is 0.304. The van der Waals surface area contributed by atoms with Gasteiger partial charge < -0.3 is 9.47 Å². The first kappa shape index (κ1) is 25.8. The molecule has 8 nitrogen and oxygen atoms in total. The minimum atomic E-state index is -3.69. The summed E-state index contributed by atoms with van der Waals surface area (Å²) in [5.41, 5.74) is 0.916. The Labute approximate surface area is 174 Å². The molecule has 0 heterocycles. The Morgan fingerprint density at radius 3 is 1.93 bits per heavy atom. The first-order chi connectivity index (χ1) is 13.3. The molecular weight excluding hydrogens is 420 g/mol. The van der Waals surface area contributed by atoms with Crippen LogP contribution in [0.5, 0.6) is 5.75 Å².